The van der Waals surface area contributed by atoms with Gasteiger partial charge in [0.2, 0.25) is 0 Å². The molecule has 9 rings (SSSR count). The first-order valence-corrected chi connectivity index (χ1v) is 15.9. The van der Waals surface area contributed by atoms with Crippen molar-refractivity contribution in [3.8, 4) is 44.0 Å². The minimum absolute atomic E-state index is 0.853. The van der Waals surface area contributed by atoms with Crippen LogP contribution in [0.1, 0.15) is 0 Å². The molecule has 0 unspecified atom stereocenters. The van der Waals surface area contributed by atoms with Crippen LogP contribution in [0.5, 0.6) is 0 Å². The Morgan fingerprint density at radius 1 is 0.614 bits per heavy atom. The van der Waals surface area contributed by atoms with Gasteiger partial charge >= 0.3 is 0 Å². The van der Waals surface area contributed by atoms with Gasteiger partial charge in [-0.1, -0.05) is 54.6 Å². The van der Waals surface area contributed by atoms with Crippen LogP contribution in [0.2, 0.25) is 0 Å². The van der Waals surface area contributed by atoms with E-state index in [9.17, 15) is 0 Å². The first-order chi connectivity index (χ1) is 21.8. The van der Waals surface area contributed by atoms with Gasteiger partial charge in [0, 0.05) is 34.0 Å². The summed E-state index contributed by atoms with van der Waals surface area (Å²) in [7, 11) is 0. The Morgan fingerprint density at radius 3 is 2.23 bits per heavy atom. The average Bonchev–Trinajstić information content (AvgIpc) is 3.89. The minimum atomic E-state index is 0.853. The van der Waals surface area contributed by atoms with E-state index in [0.29, 0.717) is 0 Å². The lowest BCUT2D eigenvalue weighted by Crippen LogP contribution is -1.97. The Hall–Kier alpha value is -5.44. The molecule has 0 amide bonds. The summed E-state index contributed by atoms with van der Waals surface area (Å²) in [4.78, 5) is 21.6. The fourth-order valence-corrected chi connectivity index (χ4v) is 7.59. The van der Waals surface area contributed by atoms with Crippen molar-refractivity contribution in [1.82, 2.24) is 29.1 Å². The zero-order valence-corrected chi connectivity index (χ0v) is 24.8. The van der Waals surface area contributed by atoms with Gasteiger partial charge in [0.25, 0.3) is 0 Å². The number of nitrogens with zero attached hydrogens (tertiary/aromatic N) is 6. The number of hydrogen-bond acceptors (Lipinski definition) is 6. The average molecular weight is 603 g/mol. The van der Waals surface area contributed by atoms with Crippen molar-refractivity contribution in [2.45, 2.75) is 0 Å². The second-order valence-corrected chi connectivity index (χ2v) is 12.5. The Balaban J connectivity index is 1.19. The molecule has 0 aliphatic rings. The summed E-state index contributed by atoms with van der Waals surface area (Å²) in [5.74, 6) is 1.82. The molecule has 6 aromatic heterocycles. The molecule has 0 bridgehead atoms. The van der Waals surface area contributed by atoms with Gasteiger partial charge in [-0.3, -0.25) is 19.1 Å². The predicted molar refractivity (Wildman–Crippen MR) is 181 cm³/mol. The van der Waals surface area contributed by atoms with E-state index >= 15 is 0 Å². The topological polar surface area (TPSA) is 61.4 Å². The van der Waals surface area contributed by atoms with Crippen LogP contribution in [-0.2, 0) is 0 Å². The summed E-state index contributed by atoms with van der Waals surface area (Å²) in [5, 5.41) is 3.31. The van der Waals surface area contributed by atoms with E-state index in [2.05, 4.69) is 110 Å². The van der Waals surface area contributed by atoms with Crippen molar-refractivity contribution in [1.29, 1.82) is 0 Å². The second-order valence-electron chi connectivity index (χ2n) is 10.4. The van der Waals surface area contributed by atoms with Gasteiger partial charge in [-0.25, -0.2) is 9.97 Å². The molecule has 9 aromatic rings. The molecule has 0 aliphatic heterocycles. The third kappa shape index (κ3) is 4.00. The Bertz CT molecular complexity index is 2400. The standard InChI is InChI=1S/C36H22N6S2/c1-2-8-25(9-3-1)42-29-17-19-38-33(34(29)40-35(42)31-11-6-20-43-31)23-12-14-26(15-13-23)41-28-16-18-37-22-27(28)39-36(41)32-21-24-7-4-5-10-30(24)44-32/h1-22H. The van der Waals surface area contributed by atoms with Crippen molar-refractivity contribution in [3.63, 3.8) is 0 Å². The first-order valence-electron chi connectivity index (χ1n) is 14.2. The molecular formula is C36H22N6S2. The number of rotatable bonds is 5. The summed E-state index contributed by atoms with van der Waals surface area (Å²) in [6, 6.07) is 37.9. The minimum Gasteiger partial charge on any atom is -0.292 e. The highest BCUT2D eigenvalue weighted by Crippen LogP contribution is 2.38. The van der Waals surface area contributed by atoms with Crippen LogP contribution in [0.4, 0.5) is 0 Å². The predicted octanol–water partition coefficient (Wildman–Crippen LogP) is 9.43. The van der Waals surface area contributed by atoms with Crippen LogP contribution in [0.3, 0.4) is 0 Å². The zero-order chi connectivity index (χ0) is 29.0. The molecule has 0 fully saturated rings. The molecule has 3 aromatic carbocycles. The van der Waals surface area contributed by atoms with Gasteiger partial charge in [0.15, 0.2) is 11.6 Å². The number of para-hydroxylation sites is 1. The Morgan fingerprint density at radius 2 is 1.39 bits per heavy atom. The van der Waals surface area contributed by atoms with E-state index in [4.69, 9.17) is 15.0 Å². The molecular weight excluding hydrogens is 581 g/mol. The van der Waals surface area contributed by atoms with Gasteiger partial charge in [-0.15, -0.1) is 22.7 Å². The summed E-state index contributed by atoms with van der Waals surface area (Å²) in [6.07, 6.45) is 5.53. The molecule has 208 valence electrons. The smallest absolute Gasteiger partial charge is 0.155 e. The van der Waals surface area contributed by atoms with Crippen molar-refractivity contribution < 1.29 is 0 Å². The van der Waals surface area contributed by atoms with E-state index in [-0.39, 0.29) is 0 Å². The number of imidazole rings is 2. The molecule has 0 atom stereocenters. The molecule has 0 N–H and O–H groups in total. The van der Waals surface area contributed by atoms with Gasteiger partial charge in [0.1, 0.15) is 11.0 Å². The van der Waals surface area contributed by atoms with Gasteiger partial charge in [-0.05, 0) is 65.4 Å². The highest BCUT2D eigenvalue weighted by molar-refractivity contribution is 7.22. The molecule has 0 aliphatic carbocycles. The van der Waals surface area contributed by atoms with E-state index < -0.39 is 0 Å². The maximum Gasteiger partial charge on any atom is 0.155 e. The third-order valence-corrected chi connectivity index (χ3v) is 9.81. The lowest BCUT2D eigenvalue weighted by molar-refractivity contribution is 1.11. The van der Waals surface area contributed by atoms with E-state index in [1.807, 2.05) is 36.8 Å². The maximum atomic E-state index is 5.19. The Kier molecular flexibility index (Phi) is 5.75. The summed E-state index contributed by atoms with van der Waals surface area (Å²) < 4.78 is 5.69. The molecule has 44 heavy (non-hydrogen) atoms. The van der Waals surface area contributed by atoms with E-state index in [0.717, 1.165) is 66.1 Å². The van der Waals surface area contributed by atoms with E-state index in [1.165, 1.54) is 10.1 Å². The second kappa shape index (κ2) is 10.1. The monoisotopic (exact) mass is 602 g/mol. The summed E-state index contributed by atoms with van der Waals surface area (Å²) >= 11 is 3.44. The largest absolute Gasteiger partial charge is 0.292 e. The van der Waals surface area contributed by atoms with Crippen LogP contribution in [0.15, 0.2) is 133 Å². The number of fused-ring (bicyclic) bond motifs is 3. The fourth-order valence-electron chi connectivity index (χ4n) is 5.84. The number of thiophene rings is 2. The van der Waals surface area contributed by atoms with Crippen LogP contribution in [0, 0.1) is 0 Å². The molecule has 0 saturated heterocycles. The van der Waals surface area contributed by atoms with Gasteiger partial charge in [-0.2, -0.15) is 0 Å². The van der Waals surface area contributed by atoms with Crippen LogP contribution in [-0.4, -0.2) is 29.1 Å². The molecule has 0 spiro atoms. The zero-order valence-electron chi connectivity index (χ0n) is 23.2. The third-order valence-electron chi connectivity index (χ3n) is 7.83. The van der Waals surface area contributed by atoms with Crippen molar-refractivity contribution in [2.75, 3.05) is 0 Å². The summed E-state index contributed by atoms with van der Waals surface area (Å²) in [5.41, 5.74) is 7.73. The van der Waals surface area contributed by atoms with Crippen molar-refractivity contribution in [3.05, 3.63) is 133 Å². The van der Waals surface area contributed by atoms with Crippen LogP contribution >= 0.6 is 22.7 Å². The molecule has 0 saturated carbocycles. The van der Waals surface area contributed by atoms with Crippen molar-refractivity contribution >= 4 is 54.8 Å². The van der Waals surface area contributed by atoms with Gasteiger partial charge < -0.3 is 0 Å². The quantitative estimate of drug-likeness (QED) is 0.197. The fraction of sp³-hybridized carbons (Fsp3) is 0. The van der Waals surface area contributed by atoms with Crippen LogP contribution in [0.25, 0.3) is 76.2 Å². The molecule has 8 heteroatoms. The first kappa shape index (κ1) is 25.1. The SMILES string of the molecule is c1ccc(-n2c(-c3cccs3)nc3c(-c4ccc(-n5c(-c6cc7ccccc7s6)nc6cnccc65)cc4)nccc32)cc1. The van der Waals surface area contributed by atoms with E-state index in [1.54, 1.807) is 22.7 Å². The normalized spacial score (nSPS) is 11.6. The lowest BCUT2D eigenvalue weighted by Gasteiger charge is -2.10. The van der Waals surface area contributed by atoms with Crippen LogP contribution < -0.4 is 0 Å². The molecule has 6 nitrogen and oxygen atoms in total. The number of benzene rings is 3. The highest BCUT2D eigenvalue weighted by atomic mass is 32.1. The highest BCUT2D eigenvalue weighted by Gasteiger charge is 2.20. The number of aromatic nitrogens is 6. The molecule has 0 radical (unpaired) electrons. The summed E-state index contributed by atoms with van der Waals surface area (Å²) in [6.45, 7) is 0. The number of hydrogen-bond donors (Lipinski definition) is 0. The maximum absolute atomic E-state index is 5.19. The lowest BCUT2D eigenvalue weighted by atomic mass is 10.1. The number of pyridine rings is 2. The molecule has 6 heterocycles. The van der Waals surface area contributed by atoms with Gasteiger partial charge in [0.05, 0.1) is 32.7 Å². The Labute approximate surface area is 260 Å². The van der Waals surface area contributed by atoms with Crippen molar-refractivity contribution in [2.24, 2.45) is 0 Å².